The summed E-state index contributed by atoms with van der Waals surface area (Å²) in [7, 11) is 0. The summed E-state index contributed by atoms with van der Waals surface area (Å²) in [5.74, 6) is -0.442. The van der Waals surface area contributed by atoms with Crippen LogP contribution in [0.25, 0.3) is 0 Å². The van der Waals surface area contributed by atoms with Gasteiger partial charge in [-0.15, -0.1) is 0 Å². The minimum absolute atomic E-state index is 0.0278. The maximum Gasteiger partial charge on any atom is 0.303 e. The molecule has 1 aliphatic carbocycles. The highest BCUT2D eigenvalue weighted by Crippen LogP contribution is 2.41. The van der Waals surface area contributed by atoms with Crippen LogP contribution in [0.5, 0.6) is 0 Å². The summed E-state index contributed by atoms with van der Waals surface area (Å²) < 4.78 is 18.5. The van der Waals surface area contributed by atoms with E-state index < -0.39 is 5.97 Å². The minimum atomic E-state index is -0.726. The summed E-state index contributed by atoms with van der Waals surface area (Å²) in [6.45, 7) is 1.38. The van der Waals surface area contributed by atoms with E-state index in [0.29, 0.717) is 6.61 Å². The molecule has 1 saturated heterocycles. The lowest BCUT2D eigenvalue weighted by molar-refractivity contribution is -0.197. The molecule has 2 aliphatic rings. The zero-order valence-electron chi connectivity index (χ0n) is 18.5. The Morgan fingerprint density at radius 1 is 1.03 bits per heavy atom. The average Bonchev–Trinajstić information content (AvgIpc) is 3.12. The molecule has 0 radical (unpaired) electrons. The third kappa shape index (κ3) is 7.86. The molecule has 6 nitrogen and oxygen atoms in total. The molecule has 1 aliphatic heterocycles. The van der Waals surface area contributed by atoms with E-state index in [0.717, 1.165) is 70.0 Å². The van der Waals surface area contributed by atoms with Gasteiger partial charge in [-0.1, -0.05) is 49.6 Å². The molecule has 0 spiro atoms. The Morgan fingerprint density at radius 3 is 2.55 bits per heavy atom. The Kier molecular flexibility index (Phi) is 10.3. The average molecular weight is 435 g/mol. The van der Waals surface area contributed by atoms with Crippen molar-refractivity contribution in [1.82, 2.24) is 0 Å². The highest BCUT2D eigenvalue weighted by atomic mass is 16.7. The van der Waals surface area contributed by atoms with E-state index >= 15 is 0 Å². The van der Waals surface area contributed by atoms with Crippen molar-refractivity contribution in [2.24, 2.45) is 11.8 Å². The Balaban J connectivity index is 1.55. The molecule has 174 valence electrons. The largest absolute Gasteiger partial charge is 0.481 e. The van der Waals surface area contributed by atoms with Crippen molar-refractivity contribution in [3.63, 3.8) is 0 Å². The highest BCUT2D eigenvalue weighted by molar-refractivity contribution is 5.66. The van der Waals surface area contributed by atoms with E-state index in [1.54, 1.807) is 0 Å². The van der Waals surface area contributed by atoms with Crippen molar-refractivity contribution in [2.75, 3.05) is 13.2 Å². The molecule has 0 amide bonds. The molecule has 1 saturated carbocycles. The number of unbranched alkanes of at least 4 members (excludes halogenated alkanes) is 3. The van der Waals surface area contributed by atoms with Crippen LogP contribution in [0.3, 0.4) is 0 Å². The molecule has 1 aromatic carbocycles. The Morgan fingerprint density at radius 2 is 1.84 bits per heavy atom. The summed E-state index contributed by atoms with van der Waals surface area (Å²) in [5.41, 5.74) is 1.13. The van der Waals surface area contributed by atoms with Crippen LogP contribution in [0.1, 0.15) is 69.8 Å². The Hall–Kier alpha value is -1.47. The summed E-state index contributed by atoms with van der Waals surface area (Å²) >= 11 is 0. The lowest BCUT2D eigenvalue weighted by atomic mass is 9.89. The number of ether oxygens (including phenoxy) is 3. The normalized spacial score (nSPS) is 28.6. The van der Waals surface area contributed by atoms with Gasteiger partial charge in [0.15, 0.2) is 6.29 Å². The molecule has 1 heterocycles. The standard InChI is InChI=1S/C25H38O6/c26-17-21-20(12-6-1-2-7-13-24(27)28)23(31-25-14-8-9-15-29-25)16-22(21)30-18-19-10-4-3-5-11-19/h3-5,10-11,20-23,25-26H,1-2,6-9,12-18H2,(H,27,28)/t20-,21-,22-,23+,25?/m1/s1. The third-order valence-electron chi connectivity index (χ3n) is 6.63. The van der Waals surface area contributed by atoms with Gasteiger partial charge >= 0.3 is 5.97 Å². The van der Waals surface area contributed by atoms with Crippen molar-refractivity contribution >= 4 is 5.97 Å². The maximum absolute atomic E-state index is 10.7. The summed E-state index contributed by atoms with van der Waals surface area (Å²) in [6.07, 6.45) is 8.64. The van der Waals surface area contributed by atoms with Gasteiger partial charge < -0.3 is 24.4 Å². The van der Waals surface area contributed by atoms with Crippen LogP contribution in [0, 0.1) is 11.8 Å². The number of benzene rings is 1. The van der Waals surface area contributed by atoms with Crippen LogP contribution in [0.2, 0.25) is 0 Å². The second-order valence-electron chi connectivity index (χ2n) is 8.90. The van der Waals surface area contributed by atoms with Crippen molar-refractivity contribution in [1.29, 1.82) is 0 Å². The molecule has 5 atom stereocenters. The fourth-order valence-electron chi connectivity index (χ4n) is 4.93. The molecule has 0 aromatic heterocycles. The van der Waals surface area contributed by atoms with Crippen LogP contribution >= 0.6 is 0 Å². The number of aliphatic carboxylic acids is 1. The van der Waals surface area contributed by atoms with Gasteiger partial charge in [0.05, 0.1) is 18.8 Å². The molecule has 1 unspecified atom stereocenters. The second kappa shape index (κ2) is 13.2. The van der Waals surface area contributed by atoms with Crippen LogP contribution < -0.4 is 0 Å². The smallest absolute Gasteiger partial charge is 0.303 e. The van der Waals surface area contributed by atoms with E-state index in [9.17, 15) is 9.90 Å². The summed E-state index contributed by atoms with van der Waals surface area (Å²) in [5, 5.41) is 19.0. The molecule has 6 heteroatoms. The minimum Gasteiger partial charge on any atom is -0.481 e. The topological polar surface area (TPSA) is 85.2 Å². The van der Waals surface area contributed by atoms with Gasteiger partial charge in [-0.2, -0.15) is 0 Å². The van der Waals surface area contributed by atoms with Gasteiger partial charge in [0.2, 0.25) is 0 Å². The van der Waals surface area contributed by atoms with Gasteiger partial charge in [-0.05, 0) is 43.6 Å². The van der Waals surface area contributed by atoms with Crippen molar-refractivity contribution in [3.8, 4) is 0 Å². The summed E-state index contributed by atoms with van der Waals surface area (Å²) in [4.78, 5) is 10.7. The van der Waals surface area contributed by atoms with E-state index in [2.05, 4.69) is 12.1 Å². The van der Waals surface area contributed by atoms with E-state index in [4.69, 9.17) is 19.3 Å². The van der Waals surface area contributed by atoms with E-state index in [1.165, 1.54) is 0 Å². The van der Waals surface area contributed by atoms with Crippen LogP contribution in [0.4, 0.5) is 0 Å². The molecule has 2 N–H and O–H groups in total. The second-order valence-corrected chi connectivity index (χ2v) is 8.90. The molecular weight excluding hydrogens is 396 g/mol. The maximum atomic E-state index is 10.7. The number of carboxylic acid groups (broad SMARTS) is 1. The zero-order chi connectivity index (χ0) is 21.9. The molecular formula is C25H38O6. The lowest BCUT2D eigenvalue weighted by Gasteiger charge is -2.30. The summed E-state index contributed by atoms with van der Waals surface area (Å²) in [6, 6.07) is 10.1. The van der Waals surface area contributed by atoms with Gasteiger partial charge in [0.25, 0.3) is 0 Å². The van der Waals surface area contributed by atoms with Crippen molar-refractivity contribution in [3.05, 3.63) is 35.9 Å². The number of hydrogen-bond donors (Lipinski definition) is 2. The van der Waals surface area contributed by atoms with Gasteiger partial charge in [0.1, 0.15) is 0 Å². The predicted octanol–water partition coefficient (Wildman–Crippen LogP) is 4.54. The van der Waals surface area contributed by atoms with Gasteiger partial charge in [-0.3, -0.25) is 4.79 Å². The predicted molar refractivity (Wildman–Crippen MR) is 118 cm³/mol. The molecule has 2 fully saturated rings. The number of hydrogen-bond acceptors (Lipinski definition) is 5. The first-order chi connectivity index (χ1) is 15.2. The first-order valence-corrected chi connectivity index (χ1v) is 11.9. The zero-order valence-corrected chi connectivity index (χ0v) is 18.5. The number of carboxylic acids is 1. The molecule has 0 bridgehead atoms. The fourth-order valence-corrected chi connectivity index (χ4v) is 4.93. The Labute approximate surface area is 185 Å². The first kappa shape index (κ1) is 24.2. The lowest BCUT2D eigenvalue weighted by Crippen LogP contribution is -2.32. The first-order valence-electron chi connectivity index (χ1n) is 11.9. The number of rotatable bonds is 13. The van der Waals surface area contributed by atoms with Crippen LogP contribution in [-0.4, -0.2) is 47.9 Å². The van der Waals surface area contributed by atoms with Crippen molar-refractivity contribution < 1.29 is 29.2 Å². The number of carbonyl (C=O) groups is 1. The molecule has 3 rings (SSSR count). The van der Waals surface area contributed by atoms with Gasteiger partial charge in [-0.25, -0.2) is 0 Å². The SMILES string of the molecule is O=C(O)CCCCCC[C@@H]1[C@@H](CO)[C@H](OCc2ccccc2)C[C@@H]1OC1CCCCO1. The number of aliphatic hydroxyl groups excluding tert-OH is 1. The van der Waals surface area contributed by atoms with E-state index in [1.807, 2.05) is 18.2 Å². The number of aliphatic hydroxyl groups is 1. The van der Waals surface area contributed by atoms with Crippen LogP contribution in [-0.2, 0) is 25.6 Å². The van der Waals surface area contributed by atoms with Crippen LogP contribution in [0.15, 0.2) is 30.3 Å². The monoisotopic (exact) mass is 434 g/mol. The van der Waals surface area contributed by atoms with Gasteiger partial charge in [0, 0.05) is 32.0 Å². The van der Waals surface area contributed by atoms with E-state index in [-0.39, 0.29) is 43.4 Å². The fraction of sp³-hybridized carbons (Fsp3) is 0.720. The highest BCUT2D eigenvalue weighted by Gasteiger charge is 2.44. The Bertz CT molecular complexity index is 630. The molecule has 1 aromatic rings. The van der Waals surface area contributed by atoms with Crippen molar-refractivity contribution in [2.45, 2.75) is 89.3 Å². The molecule has 31 heavy (non-hydrogen) atoms. The quantitative estimate of drug-likeness (QED) is 0.444. The third-order valence-corrected chi connectivity index (χ3v) is 6.63.